The molecule has 1 atom stereocenters. The third-order valence-electron chi connectivity index (χ3n) is 3.78. The van der Waals surface area contributed by atoms with E-state index in [0.29, 0.717) is 0 Å². The zero-order valence-electron chi connectivity index (χ0n) is 11.5. The van der Waals surface area contributed by atoms with E-state index in [-0.39, 0.29) is 5.38 Å². The number of benzene rings is 3. The molecule has 0 nitrogen and oxygen atoms in total. The molecule has 3 aromatic rings. The van der Waals surface area contributed by atoms with Gasteiger partial charge in [-0.3, -0.25) is 0 Å². The number of alkyl halides is 1. The Hall–Kier alpha value is -1.79. The van der Waals surface area contributed by atoms with Crippen LogP contribution in [0.1, 0.15) is 29.0 Å². The highest BCUT2D eigenvalue weighted by Gasteiger charge is 2.13. The van der Waals surface area contributed by atoms with E-state index >= 15 is 0 Å². The van der Waals surface area contributed by atoms with Crippen LogP contribution < -0.4 is 0 Å². The van der Waals surface area contributed by atoms with Crippen LogP contribution in [-0.2, 0) is 6.42 Å². The van der Waals surface area contributed by atoms with Gasteiger partial charge in [-0.15, -0.1) is 11.6 Å². The second-order valence-corrected chi connectivity index (χ2v) is 5.46. The summed E-state index contributed by atoms with van der Waals surface area (Å²) in [6.07, 6.45) is 1.06. The molecule has 3 rings (SSSR count). The minimum Gasteiger partial charge on any atom is -0.113 e. The molecule has 0 saturated heterocycles. The molecule has 20 heavy (non-hydrogen) atoms. The first-order valence-corrected chi connectivity index (χ1v) is 7.44. The quantitative estimate of drug-likeness (QED) is 0.537. The number of halogens is 1. The van der Waals surface area contributed by atoms with Crippen LogP contribution in [0.4, 0.5) is 0 Å². The molecule has 0 fully saturated rings. The van der Waals surface area contributed by atoms with Gasteiger partial charge < -0.3 is 0 Å². The van der Waals surface area contributed by atoms with Gasteiger partial charge in [0.1, 0.15) is 0 Å². The lowest BCUT2D eigenvalue weighted by atomic mass is 9.97. The monoisotopic (exact) mass is 280 g/mol. The average Bonchev–Trinajstić information content (AvgIpc) is 2.54. The first-order chi connectivity index (χ1) is 9.79. The maximum absolute atomic E-state index is 6.71. The fraction of sp³-hybridized carbons (Fsp3) is 0.158. The predicted molar refractivity (Wildman–Crippen MR) is 87.5 cm³/mol. The second-order valence-electron chi connectivity index (χ2n) is 5.03. The second kappa shape index (κ2) is 5.68. The number of hydrogen-bond donors (Lipinski definition) is 0. The molecule has 0 spiro atoms. The summed E-state index contributed by atoms with van der Waals surface area (Å²) in [6, 6.07) is 23.3. The van der Waals surface area contributed by atoms with Gasteiger partial charge in [-0.25, -0.2) is 0 Å². The van der Waals surface area contributed by atoms with Crippen LogP contribution in [-0.4, -0.2) is 0 Å². The standard InChI is InChI=1S/C19H17Cl/c1-2-14-10-12-16(13-11-14)19(20)18-9-5-7-15-6-3-4-8-17(15)18/h3-13,19H,2H2,1H3. The molecule has 3 aromatic carbocycles. The van der Waals surface area contributed by atoms with Crippen LogP contribution >= 0.6 is 11.6 Å². The number of aryl methyl sites for hydroxylation is 1. The topological polar surface area (TPSA) is 0 Å². The Morgan fingerprint density at radius 3 is 2.30 bits per heavy atom. The van der Waals surface area contributed by atoms with Crippen LogP contribution in [0.15, 0.2) is 66.7 Å². The van der Waals surface area contributed by atoms with Gasteiger partial charge in [-0.1, -0.05) is 73.7 Å². The molecular weight excluding hydrogens is 264 g/mol. The first-order valence-electron chi connectivity index (χ1n) is 7.00. The van der Waals surface area contributed by atoms with Crippen molar-refractivity contribution in [3.63, 3.8) is 0 Å². The Bertz CT molecular complexity index is 708. The maximum atomic E-state index is 6.71. The van der Waals surface area contributed by atoms with Crippen molar-refractivity contribution < 1.29 is 0 Å². The molecule has 0 aliphatic carbocycles. The van der Waals surface area contributed by atoms with E-state index < -0.39 is 0 Å². The SMILES string of the molecule is CCc1ccc(C(Cl)c2cccc3ccccc23)cc1. The molecule has 0 heterocycles. The molecule has 0 saturated carbocycles. The Balaban J connectivity index is 2.05. The van der Waals surface area contributed by atoms with E-state index in [2.05, 4.69) is 73.7 Å². The normalized spacial score (nSPS) is 12.5. The highest BCUT2D eigenvalue weighted by molar-refractivity contribution is 6.23. The van der Waals surface area contributed by atoms with E-state index in [1.165, 1.54) is 21.9 Å². The van der Waals surface area contributed by atoms with Gasteiger partial charge in [0.05, 0.1) is 5.38 Å². The summed E-state index contributed by atoms with van der Waals surface area (Å²) in [6.45, 7) is 2.16. The van der Waals surface area contributed by atoms with E-state index in [9.17, 15) is 0 Å². The lowest BCUT2D eigenvalue weighted by Gasteiger charge is -2.14. The van der Waals surface area contributed by atoms with Gasteiger partial charge in [-0.2, -0.15) is 0 Å². The van der Waals surface area contributed by atoms with Crippen molar-refractivity contribution in [2.45, 2.75) is 18.7 Å². The lowest BCUT2D eigenvalue weighted by Crippen LogP contribution is -1.95. The third kappa shape index (κ3) is 2.44. The smallest absolute Gasteiger partial charge is 0.0841 e. The zero-order valence-corrected chi connectivity index (χ0v) is 12.3. The molecule has 1 heteroatoms. The van der Waals surface area contributed by atoms with Crippen molar-refractivity contribution >= 4 is 22.4 Å². The first kappa shape index (κ1) is 13.2. The highest BCUT2D eigenvalue weighted by Crippen LogP contribution is 2.33. The van der Waals surface area contributed by atoms with Gasteiger partial charge >= 0.3 is 0 Å². The van der Waals surface area contributed by atoms with Gasteiger partial charge in [-0.05, 0) is 33.9 Å². The van der Waals surface area contributed by atoms with Crippen LogP contribution in [0.2, 0.25) is 0 Å². The molecule has 0 bridgehead atoms. The van der Waals surface area contributed by atoms with E-state index in [4.69, 9.17) is 11.6 Å². The van der Waals surface area contributed by atoms with Crippen molar-refractivity contribution in [3.8, 4) is 0 Å². The van der Waals surface area contributed by atoms with Crippen molar-refractivity contribution in [3.05, 3.63) is 83.4 Å². The summed E-state index contributed by atoms with van der Waals surface area (Å²) in [5, 5.41) is 2.36. The fourth-order valence-corrected chi connectivity index (χ4v) is 2.91. The number of fused-ring (bicyclic) bond motifs is 1. The Kier molecular flexibility index (Phi) is 3.75. The predicted octanol–water partition coefficient (Wildman–Crippen LogP) is 5.73. The summed E-state index contributed by atoms with van der Waals surface area (Å²) in [5.74, 6) is 0. The Morgan fingerprint density at radius 1 is 0.850 bits per heavy atom. The summed E-state index contributed by atoms with van der Waals surface area (Å²) in [5.41, 5.74) is 3.67. The maximum Gasteiger partial charge on any atom is 0.0841 e. The van der Waals surface area contributed by atoms with Gasteiger partial charge in [0, 0.05) is 0 Å². The molecule has 0 aliphatic rings. The molecular formula is C19H17Cl. The molecule has 0 aromatic heterocycles. The van der Waals surface area contributed by atoms with E-state index in [0.717, 1.165) is 12.0 Å². The largest absolute Gasteiger partial charge is 0.113 e. The molecule has 0 aliphatic heterocycles. The average molecular weight is 281 g/mol. The summed E-state index contributed by atoms with van der Waals surface area (Å²) in [4.78, 5) is 0. The fourth-order valence-electron chi connectivity index (χ4n) is 2.57. The Labute approximate surface area is 125 Å². The summed E-state index contributed by atoms with van der Waals surface area (Å²) >= 11 is 6.71. The van der Waals surface area contributed by atoms with Crippen LogP contribution in [0.3, 0.4) is 0 Å². The molecule has 0 radical (unpaired) electrons. The minimum absolute atomic E-state index is 0.105. The van der Waals surface area contributed by atoms with Gasteiger partial charge in [0.15, 0.2) is 0 Å². The minimum atomic E-state index is -0.105. The molecule has 0 amide bonds. The lowest BCUT2D eigenvalue weighted by molar-refractivity contribution is 1.11. The molecule has 0 N–H and O–H groups in total. The van der Waals surface area contributed by atoms with Crippen LogP contribution in [0.25, 0.3) is 10.8 Å². The van der Waals surface area contributed by atoms with E-state index in [1.54, 1.807) is 0 Å². The van der Waals surface area contributed by atoms with Gasteiger partial charge in [0.2, 0.25) is 0 Å². The van der Waals surface area contributed by atoms with Gasteiger partial charge in [0.25, 0.3) is 0 Å². The van der Waals surface area contributed by atoms with Crippen LogP contribution in [0, 0.1) is 0 Å². The highest BCUT2D eigenvalue weighted by atomic mass is 35.5. The molecule has 100 valence electrons. The van der Waals surface area contributed by atoms with Crippen LogP contribution in [0.5, 0.6) is 0 Å². The zero-order chi connectivity index (χ0) is 13.9. The van der Waals surface area contributed by atoms with Crippen molar-refractivity contribution in [1.29, 1.82) is 0 Å². The van der Waals surface area contributed by atoms with E-state index in [1.807, 2.05) is 0 Å². The van der Waals surface area contributed by atoms with Crippen molar-refractivity contribution in [2.24, 2.45) is 0 Å². The summed E-state index contributed by atoms with van der Waals surface area (Å²) in [7, 11) is 0. The van der Waals surface area contributed by atoms with Crippen molar-refractivity contribution in [2.75, 3.05) is 0 Å². The number of hydrogen-bond acceptors (Lipinski definition) is 0. The number of rotatable bonds is 3. The summed E-state index contributed by atoms with van der Waals surface area (Å²) < 4.78 is 0. The molecule has 1 unspecified atom stereocenters. The van der Waals surface area contributed by atoms with Crippen molar-refractivity contribution in [1.82, 2.24) is 0 Å². The Morgan fingerprint density at radius 2 is 1.55 bits per heavy atom. The third-order valence-corrected chi connectivity index (χ3v) is 4.26.